The van der Waals surface area contributed by atoms with Crippen LogP contribution < -0.4 is 4.90 Å². The highest BCUT2D eigenvalue weighted by molar-refractivity contribution is 7.13. The zero-order valence-electron chi connectivity index (χ0n) is 14.5. The van der Waals surface area contributed by atoms with Crippen molar-refractivity contribution in [1.29, 1.82) is 0 Å². The first-order chi connectivity index (χ1) is 11.9. The Hall–Kier alpha value is -2.28. The van der Waals surface area contributed by atoms with Crippen molar-refractivity contribution >= 4 is 28.7 Å². The minimum absolute atomic E-state index is 0.00449. The summed E-state index contributed by atoms with van der Waals surface area (Å²) in [6.45, 7) is 7.32. The van der Waals surface area contributed by atoms with Gasteiger partial charge in [0.2, 0.25) is 0 Å². The van der Waals surface area contributed by atoms with Crippen LogP contribution in [0.15, 0.2) is 18.2 Å². The van der Waals surface area contributed by atoms with E-state index in [4.69, 9.17) is 0 Å². The predicted octanol–water partition coefficient (Wildman–Crippen LogP) is 3.06. The molecule has 2 aromatic rings. The smallest absolute Gasteiger partial charge is 0.265 e. The molecule has 1 aromatic heterocycles. The lowest BCUT2D eigenvalue weighted by atomic mass is 10.1. The fraction of sp³-hybridized carbons (Fsp3) is 0.389. The van der Waals surface area contributed by atoms with E-state index in [-0.39, 0.29) is 11.7 Å². The second kappa shape index (κ2) is 6.92. The molecule has 2 heterocycles. The summed E-state index contributed by atoms with van der Waals surface area (Å²) in [5, 5.41) is 0.882. The third-order valence-corrected chi connectivity index (χ3v) is 5.42. The SMILES string of the molecule is CC(=O)c1ccc(N2CCN(C(=O)c3sc(C)nc3C)CC2)c(F)c1. The molecule has 0 atom stereocenters. The largest absolute Gasteiger partial charge is 0.366 e. The van der Waals surface area contributed by atoms with Gasteiger partial charge in [0, 0.05) is 31.7 Å². The fourth-order valence-corrected chi connectivity index (χ4v) is 3.89. The Labute approximate surface area is 150 Å². The van der Waals surface area contributed by atoms with E-state index in [2.05, 4.69) is 4.98 Å². The second-order valence-corrected chi connectivity index (χ2v) is 7.35. The summed E-state index contributed by atoms with van der Waals surface area (Å²) >= 11 is 1.41. The minimum atomic E-state index is -0.401. The molecule has 5 nitrogen and oxygen atoms in total. The van der Waals surface area contributed by atoms with E-state index in [0.29, 0.717) is 42.3 Å². The Balaban J connectivity index is 1.69. The Morgan fingerprint density at radius 2 is 1.84 bits per heavy atom. The van der Waals surface area contributed by atoms with Crippen LogP contribution in [-0.4, -0.2) is 47.8 Å². The normalized spacial score (nSPS) is 14.7. The van der Waals surface area contributed by atoms with Crippen molar-refractivity contribution in [2.24, 2.45) is 0 Å². The average Bonchev–Trinajstić information content (AvgIpc) is 2.92. The van der Waals surface area contributed by atoms with Crippen LogP contribution in [0.4, 0.5) is 10.1 Å². The average molecular weight is 361 g/mol. The lowest BCUT2D eigenvalue weighted by Gasteiger charge is -2.36. The van der Waals surface area contributed by atoms with Crippen LogP contribution >= 0.6 is 11.3 Å². The fourth-order valence-electron chi connectivity index (χ4n) is 3.01. The summed E-state index contributed by atoms with van der Waals surface area (Å²) in [5.41, 5.74) is 1.61. The first-order valence-corrected chi connectivity index (χ1v) is 8.97. The zero-order chi connectivity index (χ0) is 18.1. The standard InChI is InChI=1S/C18H20FN3O2S/c1-11-17(25-13(3)20-11)18(24)22-8-6-21(7-9-22)16-5-4-14(12(2)23)10-15(16)19/h4-5,10H,6-9H2,1-3H3. The topological polar surface area (TPSA) is 53.5 Å². The van der Waals surface area contributed by atoms with Crippen molar-refractivity contribution in [1.82, 2.24) is 9.88 Å². The van der Waals surface area contributed by atoms with Gasteiger partial charge in [-0.25, -0.2) is 9.37 Å². The molecule has 25 heavy (non-hydrogen) atoms. The molecule has 3 rings (SSSR count). The van der Waals surface area contributed by atoms with Crippen LogP contribution in [0.3, 0.4) is 0 Å². The molecule has 0 N–H and O–H groups in total. The summed E-state index contributed by atoms with van der Waals surface area (Å²) in [4.78, 5) is 32.7. The Bertz CT molecular complexity index is 826. The van der Waals surface area contributed by atoms with Gasteiger partial charge >= 0.3 is 0 Å². The number of carbonyl (C=O) groups is 2. The van der Waals surface area contributed by atoms with Crippen LogP contribution in [0.1, 0.15) is 37.7 Å². The monoisotopic (exact) mass is 361 g/mol. The number of hydrogen-bond acceptors (Lipinski definition) is 5. The highest BCUT2D eigenvalue weighted by Gasteiger charge is 2.26. The number of benzene rings is 1. The van der Waals surface area contributed by atoms with Gasteiger partial charge in [-0.05, 0) is 39.0 Å². The molecular weight excluding hydrogens is 341 g/mol. The van der Waals surface area contributed by atoms with E-state index < -0.39 is 5.82 Å². The van der Waals surface area contributed by atoms with Crippen molar-refractivity contribution in [3.8, 4) is 0 Å². The molecule has 1 aromatic carbocycles. The number of carbonyl (C=O) groups excluding carboxylic acids is 2. The molecule has 0 unspecified atom stereocenters. The number of nitrogens with zero attached hydrogens (tertiary/aromatic N) is 3. The number of ketones is 1. The van der Waals surface area contributed by atoms with Crippen LogP contribution in [0.5, 0.6) is 0 Å². The molecule has 1 fully saturated rings. The third-order valence-electron chi connectivity index (χ3n) is 4.36. The van der Waals surface area contributed by atoms with E-state index in [9.17, 15) is 14.0 Å². The number of thiazole rings is 1. The van der Waals surface area contributed by atoms with E-state index in [0.717, 1.165) is 10.7 Å². The molecule has 1 saturated heterocycles. The summed E-state index contributed by atoms with van der Waals surface area (Å²) in [5.74, 6) is -0.562. The Kier molecular flexibility index (Phi) is 4.85. The first kappa shape index (κ1) is 17.5. The number of hydrogen-bond donors (Lipinski definition) is 0. The lowest BCUT2D eigenvalue weighted by molar-refractivity contribution is 0.0750. The number of rotatable bonds is 3. The Morgan fingerprint density at radius 3 is 2.36 bits per heavy atom. The molecule has 0 aliphatic carbocycles. The van der Waals surface area contributed by atoms with Crippen molar-refractivity contribution in [3.05, 3.63) is 45.2 Å². The van der Waals surface area contributed by atoms with E-state index >= 15 is 0 Å². The van der Waals surface area contributed by atoms with Crippen molar-refractivity contribution < 1.29 is 14.0 Å². The quantitative estimate of drug-likeness (QED) is 0.789. The van der Waals surface area contributed by atoms with Crippen molar-refractivity contribution in [2.45, 2.75) is 20.8 Å². The van der Waals surface area contributed by atoms with Crippen LogP contribution in [0.25, 0.3) is 0 Å². The van der Waals surface area contributed by atoms with Crippen molar-refractivity contribution in [3.63, 3.8) is 0 Å². The number of amides is 1. The third kappa shape index (κ3) is 3.56. The van der Waals surface area contributed by atoms with E-state index in [1.807, 2.05) is 18.7 Å². The molecule has 0 bridgehead atoms. The highest BCUT2D eigenvalue weighted by atomic mass is 32.1. The van der Waals surface area contributed by atoms with Gasteiger partial charge in [-0.2, -0.15) is 0 Å². The molecule has 132 valence electrons. The maximum absolute atomic E-state index is 14.3. The second-order valence-electron chi connectivity index (χ2n) is 6.15. The van der Waals surface area contributed by atoms with Gasteiger partial charge in [0.15, 0.2) is 5.78 Å². The van der Waals surface area contributed by atoms with Gasteiger partial charge < -0.3 is 9.80 Å². The van der Waals surface area contributed by atoms with Crippen molar-refractivity contribution in [2.75, 3.05) is 31.1 Å². The molecule has 7 heteroatoms. The molecule has 0 radical (unpaired) electrons. The maximum atomic E-state index is 14.3. The van der Waals surface area contributed by atoms with Gasteiger partial charge in [-0.3, -0.25) is 9.59 Å². The summed E-state index contributed by atoms with van der Waals surface area (Å²) in [6.07, 6.45) is 0. The summed E-state index contributed by atoms with van der Waals surface area (Å²) < 4.78 is 14.3. The Morgan fingerprint density at radius 1 is 1.16 bits per heavy atom. The minimum Gasteiger partial charge on any atom is -0.366 e. The first-order valence-electron chi connectivity index (χ1n) is 8.15. The number of piperazine rings is 1. The number of Topliss-reactive ketones (excluding diaryl/α,β-unsaturated/α-hetero) is 1. The molecule has 1 aliphatic rings. The number of aryl methyl sites for hydroxylation is 2. The molecule has 0 saturated carbocycles. The van der Waals surface area contributed by atoms with Gasteiger partial charge in [0.05, 0.1) is 16.4 Å². The number of anilines is 1. The molecular formula is C18H20FN3O2S. The maximum Gasteiger partial charge on any atom is 0.265 e. The van der Waals surface area contributed by atoms with E-state index in [1.165, 1.54) is 24.3 Å². The van der Waals surface area contributed by atoms with Gasteiger partial charge in [0.1, 0.15) is 10.7 Å². The van der Waals surface area contributed by atoms with Gasteiger partial charge in [0.25, 0.3) is 5.91 Å². The number of aromatic nitrogens is 1. The highest BCUT2D eigenvalue weighted by Crippen LogP contribution is 2.24. The van der Waals surface area contributed by atoms with Crippen LogP contribution in [0.2, 0.25) is 0 Å². The molecule has 1 aliphatic heterocycles. The van der Waals surface area contributed by atoms with Crippen LogP contribution in [0, 0.1) is 19.7 Å². The predicted molar refractivity (Wildman–Crippen MR) is 96.1 cm³/mol. The van der Waals surface area contributed by atoms with Gasteiger partial charge in [-0.15, -0.1) is 11.3 Å². The summed E-state index contributed by atoms with van der Waals surface area (Å²) in [6, 6.07) is 4.56. The van der Waals surface area contributed by atoms with Crippen LogP contribution in [-0.2, 0) is 0 Å². The molecule has 1 amide bonds. The van der Waals surface area contributed by atoms with E-state index in [1.54, 1.807) is 17.0 Å². The van der Waals surface area contributed by atoms with Gasteiger partial charge in [-0.1, -0.05) is 0 Å². The zero-order valence-corrected chi connectivity index (χ0v) is 15.3. The lowest BCUT2D eigenvalue weighted by Crippen LogP contribution is -2.49. The summed E-state index contributed by atoms with van der Waals surface area (Å²) in [7, 11) is 0. The molecule has 0 spiro atoms. The number of halogens is 1.